The number of hydrogen-bond donors (Lipinski definition) is 3. The molecule has 1 rings (SSSR count). The summed E-state index contributed by atoms with van der Waals surface area (Å²) in [6, 6.07) is 5.94. The van der Waals surface area contributed by atoms with Gasteiger partial charge in [-0.15, -0.1) is 12.3 Å². The Hall–Kier alpha value is -2.68. The van der Waals surface area contributed by atoms with Gasteiger partial charge < -0.3 is 20.5 Å². The average Bonchev–Trinajstić information content (AvgIpc) is 2.36. The standard InChI is InChI=1S/C14H16N2O4/c1-3-5-10(2)15-14(19)16-11-6-4-7-12(8-11)20-9-13(17)18/h1,4,6-8,10H,5,9H2,2H3,(H,17,18)(H2,15,16,19). The van der Waals surface area contributed by atoms with Gasteiger partial charge in [0.1, 0.15) is 5.75 Å². The number of carboxylic acid groups (broad SMARTS) is 1. The molecule has 0 heterocycles. The lowest BCUT2D eigenvalue weighted by Crippen LogP contribution is -2.35. The topological polar surface area (TPSA) is 87.7 Å². The quantitative estimate of drug-likeness (QED) is 0.690. The summed E-state index contributed by atoms with van der Waals surface area (Å²) in [5.74, 6) is 1.75. The number of carboxylic acids is 1. The van der Waals surface area contributed by atoms with Crippen LogP contribution >= 0.6 is 0 Å². The van der Waals surface area contributed by atoms with Crippen LogP contribution in [-0.4, -0.2) is 29.8 Å². The van der Waals surface area contributed by atoms with Gasteiger partial charge in [0.05, 0.1) is 0 Å². The zero-order valence-corrected chi connectivity index (χ0v) is 11.1. The van der Waals surface area contributed by atoms with Crippen molar-refractivity contribution < 1.29 is 19.4 Å². The molecule has 0 aliphatic heterocycles. The second-order valence-corrected chi connectivity index (χ2v) is 4.12. The van der Waals surface area contributed by atoms with E-state index in [-0.39, 0.29) is 12.1 Å². The van der Waals surface area contributed by atoms with Crippen LogP contribution in [0.5, 0.6) is 5.75 Å². The van der Waals surface area contributed by atoms with E-state index in [9.17, 15) is 9.59 Å². The zero-order chi connectivity index (χ0) is 15.0. The molecule has 20 heavy (non-hydrogen) atoms. The number of benzene rings is 1. The van der Waals surface area contributed by atoms with Crippen LogP contribution in [0, 0.1) is 12.3 Å². The molecule has 3 N–H and O–H groups in total. The van der Waals surface area contributed by atoms with Crippen molar-refractivity contribution >= 4 is 17.7 Å². The summed E-state index contributed by atoms with van der Waals surface area (Å²) >= 11 is 0. The molecule has 106 valence electrons. The van der Waals surface area contributed by atoms with E-state index in [1.165, 1.54) is 6.07 Å². The van der Waals surface area contributed by atoms with Crippen LogP contribution in [-0.2, 0) is 4.79 Å². The third-order valence-electron chi connectivity index (χ3n) is 2.26. The molecule has 6 nitrogen and oxygen atoms in total. The van der Waals surface area contributed by atoms with Crippen molar-refractivity contribution in [1.29, 1.82) is 0 Å². The first-order valence-corrected chi connectivity index (χ1v) is 5.97. The van der Waals surface area contributed by atoms with E-state index in [1.54, 1.807) is 25.1 Å². The first-order chi connectivity index (χ1) is 9.51. The van der Waals surface area contributed by atoms with Crippen molar-refractivity contribution in [2.45, 2.75) is 19.4 Å². The maximum atomic E-state index is 11.6. The molecule has 2 amide bonds. The summed E-state index contributed by atoms with van der Waals surface area (Å²) in [5.41, 5.74) is 0.498. The molecular formula is C14H16N2O4. The Bertz CT molecular complexity index is 522. The van der Waals surface area contributed by atoms with Crippen molar-refractivity contribution in [2.75, 3.05) is 11.9 Å². The summed E-state index contributed by atoms with van der Waals surface area (Å²) in [7, 11) is 0. The lowest BCUT2D eigenvalue weighted by molar-refractivity contribution is -0.139. The van der Waals surface area contributed by atoms with Gasteiger partial charge in [-0.05, 0) is 19.1 Å². The highest BCUT2D eigenvalue weighted by Crippen LogP contribution is 2.17. The van der Waals surface area contributed by atoms with E-state index in [0.29, 0.717) is 17.9 Å². The van der Waals surface area contributed by atoms with Gasteiger partial charge in [0.2, 0.25) is 0 Å². The predicted molar refractivity (Wildman–Crippen MR) is 74.6 cm³/mol. The zero-order valence-electron chi connectivity index (χ0n) is 11.1. The summed E-state index contributed by atoms with van der Waals surface area (Å²) in [5, 5.41) is 13.8. The summed E-state index contributed by atoms with van der Waals surface area (Å²) < 4.78 is 5.01. The van der Waals surface area contributed by atoms with Gasteiger partial charge in [-0.2, -0.15) is 0 Å². The molecule has 0 spiro atoms. The van der Waals surface area contributed by atoms with Crippen LogP contribution in [0.15, 0.2) is 24.3 Å². The van der Waals surface area contributed by atoms with E-state index in [2.05, 4.69) is 16.6 Å². The third kappa shape index (κ3) is 5.78. The van der Waals surface area contributed by atoms with Crippen LogP contribution in [0.4, 0.5) is 10.5 Å². The number of terminal acetylenes is 1. The van der Waals surface area contributed by atoms with Crippen molar-refractivity contribution in [3.8, 4) is 18.1 Å². The number of carbonyl (C=O) groups is 2. The number of aliphatic carboxylic acids is 1. The van der Waals surface area contributed by atoms with Gasteiger partial charge in [-0.25, -0.2) is 9.59 Å². The van der Waals surface area contributed by atoms with Gasteiger partial charge in [0.25, 0.3) is 0 Å². The van der Waals surface area contributed by atoms with Crippen molar-refractivity contribution in [1.82, 2.24) is 5.32 Å². The Balaban J connectivity index is 2.55. The first kappa shape index (κ1) is 15.4. The molecule has 0 bridgehead atoms. The van der Waals surface area contributed by atoms with Gasteiger partial charge >= 0.3 is 12.0 Å². The van der Waals surface area contributed by atoms with Gasteiger partial charge in [0.15, 0.2) is 6.61 Å². The highest BCUT2D eigenvalue weighted by molar-refractivity contribution is 5.89. The Labute approximate surface area is 117 Å². The largest absolute Gasteiger partial charge is 0.482 e. The van der Waals surface area contributed by atoms with Gasteiger partial charge in [-0.3, -0.25) is 0 Å². The SMILES string of the molecule is C#CCC(C)NC(=O)Nc1cccc(OCC(=O)O)c1. The fourth-order valence-electron chi connectivity index (χ4n) is 1.43. The lowest BCUT2D eigenvalue weighted by atomic mass is 10.2. The molecule has 1 unspecified atom stereocenters. The van der Waals surface area contributed by atoms with E-state index >= 15 is 0 Å². The second kappa shape index (κ2) is 7.69. The number of carbonyl (C=O) groups excluding carboxylic acids is 1. The number of urea groups is 1. The van der Waals surface area contributed by atoms with E-state index in [0.717, 1.165) is 0 Å². The Morgan fingerprint density at radius 1 is 1.50 bits per heavy atom. The smallest absolute Gasteiger partial charge is 0.341 e. The highest BCUT2D eigenvalue weighted by atomic mass is 16.5. The van der Waals surface area contributed by atoms with Crippen molar-refractivity contribution in [2.24, 2.45) is 0 Å². The Morgan fingerprint density at radius 2 is 2.25 bits per heavy atom. The van der Waals surface area contributed by atoms with Gasteiger partial charge in [-0.1, -0.05) is 6.07 Å². The lowest BCUT2D eigenvalue weighted by Gasteiger charge is -2.12. The number of ether oxygens (including phenoxy) is 1. The number of amides is 2. The van der Waals surface area contributed by atoms with Crippen molar-refractivity contribution in [3.63, 3.8) is 0 Å². The summed E-state index contributed by atoms with van der Waals surface area (Å²) in [6.07, 6.45) is 5.59. The number of nitrogens with one attached hydrogen (secondary N) is 2. The molecule has 1 aromatic rings. The predicted octanol–water partition coefficient (Wildman–Crippen LogP) is 1.68. The summed E-state index contributed by atoms with van der Waals surface area (Å²) in [4.78, 5) is 22.0. The van der Waals surface area contributed by atoms with Gasteiger partial charge in [0, 0.05) is 24.2 Å². The van der Waals surface area contributed by atoms with Crippen LogP contribution in [0.3, 0.4) is 0 Å². The third-order valence-corrected chi connectivity index (χ3v) is 2.26. The molecular weight excluding hydrogens is 260 g/mol. The molecule has 6 heteroatoms. The number of rotatable bonds is 6. The van der Waals surface area contributed by atoms with Crippen molar-refractivity contribution in [3.05, 3.63) is 24.3 Å². The average molecular weight is 276 g/mol. The molecule has 0 radical (unpaired) electrons. The summed E-state index contributed by atoms with van der Waals surface area (Å²) in [6.45, 7) is 1.36. The van der Waals surface area contributed by atoms with Crippen LogP contribution < -0.4 is 15.4 Å². The maximum Gasteiger partial charge on any atom is 0.341 e. The molecule has 1 aromatic carbocycles. The normalized spacial score (nSPS) is 11.0. The van der Waals surface area contributed by atoms with E-state index < -0.39 is 12.6 Å². The van der Waals surface area contributed by atoms with Crippen LogP contribution in [0.25, 0.3) is 0 Å². The fourth-order valence-corrected chi connectivity index (χ4v) is 1.43. The molecule has 0 fully saturated rings. The maximum absolute atomic E-state index is 11.6. The highest BCUT2D eigenvalue weighted by Gasteiger charge is 2.07. The van der Waals surface area contributed by atoms with Crippen LogP contribution in [0.2, 0.25) is 0 Å². The monoisotopic (exact) mass is 276 g/mol. The fraction of sp³-hybridized carbons (Fsp3) is 0.286. The molecule has 0 saturated carbocycles. The number of anilines is 1. The molecule has 0 aromatic heterocycles. The first-order valence-electron chi connectivity index (χ1n) is 5.97. The van der Waals surface area contributed by atoms with E-state index in [1.807, 2.05) is 0 Å². The second-order valence-electron chi connectivity index (χ2n) is 4.12. The minimum absolute atomic E-state index is 0.133. The minimum atomic E-state index is -1.07. The molecule has 0 aliphatic carbocycles. The Morgan fingerprint density at radius 3 is 2.90 bits per heavy atom. The van der Waals surface area contributed by atoms with E-state index in [4.69, 9.17) is 16.3 Å². The van der Waals surface area contributed by atoms with Crippen LogP contribution in [0.1, 0.15) is 13.3 Å². The molecule has 1 atom stereocenters. The molecule has 0 saturated heterocycles. The Kier molecular flexibility index (Phi) is 5.91. The molecule has 0 aliphatic rings. The number of hydrogen-bond acceptors (Lipinski definition) is 3. The minimum Gasteiger partial charge on any atom is -0.482 e.